The van der Waals surface area contributed by atoms with Crippen molar-refractivity contribution >= 4 is 221 Å². The minimum absolute atomic E-state index is 0.786. The molecule has 0 unspecified atom stereocenters. The van der Waals surface area contributed by atoms with Crippen molar-refractivity contribution in [3.63, 3.8) is 0 Å². The minimum atomic E-state index is 0.786. The van der Waals surface area contributed by atoms with Crippen molar-refractivity contribution in [2.75, 3.05) is 19.6 Å². The minimum Gasteiger partial charge on any atom is -0.456 e. The van der Waals surface area contributed by atoms with Gasteiger partial charge in [0, 0.05) is 111 Å². The van der Waals surface area contributed by atoms with E-state index in [0.29, 0.717) is 0 Å². The van der Waals surface area contributed by atoms with Crippen molar-refractivity contribution in [2.24, 2.45) is 0 Å². The van der Waals surface area contributed by atoms with E-state index in [9.17, 15) is 0 Å². The summed E-state index contributed by atoms with van der Waals surface area (Å²) in [5.41, 5.74) is 27.7. The van der Waals surface area contributed by atoms with Gasteiger partial charge in [-0.05, 0) is 249 Å². The lowest BCUT2D eigenvalue weighted by atomic mass is 9.86. The summed E-state index contributed by atoms with van der Waals surface area (Å²) in [7, 11) is 0. The number of rotatable bonds is 13. The van der Waals surface area contributed by atoms with Crippen LogP contribution in [0.3, 0.4) is 0 Å². The Morgan fingerprint density at radius 2 is 0.529 bits per heavy atom. The lowest BCUT2D eigenvalue weighted by molar-refractivity contribution is 0.483. The van der Waals surface area contributed by atoms with E-state index in [0.717, 1.165) is 272 Å². The largest absolute Gasteiger partial charge is 0.456 e. The Hall–Kier alpha value is -18.4. The lowest BCUT2D eigenvalue weighted by Gasteiger charge is -2.30. The first-order chi connectivity index (χ1) is 68.3. The van der Waals surface area contributed by atoms with E-state index < -0.39 is 0 Å². The number of para-hydroxylation sites is 12. The zero-order valence-electron chi connectivity index (χ0n) is 75.0. The summed E-state index contributed by atoms with van der Waals surface area (Å²) in [6.45, 7) is 4.33. The van der Waals surface area contributed by atoms with Crippen LogP contribution in [-0.2, 0) is 0 Å². The van der Waals surface area contributed by atoms with Gasteiger partial charge in [-0.25, -0.2) is 0 Å². The third-order valence-corrected chi connectivity index (χ3v) is 28.1. The molecule has 23 aromatic carbocycles. The second kappa shape index (κ2) is 31.1. The normalized spacial score (nSPS) is 12.1. The van der Waals surface area contributed by atoms with Crippen LogP contribution in [0, 0.1) is 13.8 Å². The summed E-state index contributed by atoms with van der Waals surface area (Å²) in [6, 6.07) is 159. The van der Waals surface area contributed by atoms with E-state index >= 15 is 0 Å². The van der Waals surface area contributed by atoms with Gasteiger partial charge in [-0.2, -0.15) is 0 Å². The molecule has 0 saturated heterocycles. The highest BCUT2D eigenvalue weighted by atomic mass is 16.5. The summed E-state index contributed by atoms with van der Waals surface area (Å²) >= 11 is 0. The summed E-state index contributed by atoms with van der Waals surface area (Å²) < 4.78 is 41.2. The highest BCUT2D eigenvalue weighted by molar-refractivity contribution is 6.29. The van der Waals surface area contributed by atoms with Crippen LogP contribution in [0.25, 0.3) is 186 Å². The number of benzene rings is 23. The Kier molecular flexibility index (Phi) is 17.7. The smallest absolute Gasteiger partial charge is 0.159 e. The molecular weight excluding hydrogens is 1690 g/mol. The summed E-state index contributed by atoms with van der Waals surface area (Å²) in [6.07, 6.45) is 0. The molecule has 0 fully saturated rings. The Morgan fingerprint density at radius 3 is 0.993 bits per heavy atom. The average Bonchev–Trinajstić information content (AvgIpc) is 0.873. The molecule has 0 amide bonds. The monoisotopic (exact) mass is 1770 g/mol. The quantitative estimate of drug-likeness (QED) is 0.104. The maximum absolute atomic E-state index is 7.27. The van der Waals surface area contributed by atoms with Crippen LogP contribution >= 0.6 is 0 Å². The molecule has 0 N–H and O–H groups in total. The first kappa shape index (κ1) is 78.3. The summed E-state index contributed by atoms with van der Waals surface area (Å²) in [5.74, 6) is 3.29. The number of ether oxygens (including phenoxy) is 2. The van der Waals surface area contributed by atoms with Gasteiger partial charge < -0.3 is 46.7 Å². The van der Waals surface area contributed by atoms with Gasteiger partial charge in [0.25, 0.3) is 0 Å². The average molecular weight is 1770 g/mol. The van der Waals surface area contributed by atoms with E-state index in [4.69, 9.17) is 27.1 Å². The van der Waals surface area contributed by atoms with Crippen LogP contribution in [-0.4, -0.2) is 0 Å². The highest BCUT2D eigenvalue weighted by Crippen LogP contribution is 2.59. The van der Waals surface area contributed by atoms with E-state index in [1.807, 2.05) is 36.4 Å². The van der Waals surface area contributed by atoms with Crippen molar-refractivity contribution in [1.29, 1.82) is 0 Å². The third-order valence-electron chi connectivity index (χ3n) is 28.1. The number of fused-ring (bicyclic) bond motifs is 24. The van der Waals surface area contributed by atoms with Crippen LogP contribution in [0.15, 0.2) is 467 Å². The van der Waals surface area contributed by atoms with Crippen molar-refractivity contribution in [1.82, 2.24) is 0 Å². The molecule has 2 aliphatic rings. The zero-order chi connectivity index (χ0) is 90.9. The number of hydrogen-bond acceptors (Lipinski definition) is 10. The molecule has 10 nitrogen and oxygen atoms in total. The van der Waals surface area contributed by atoms with Crippen LogP contribution in [0.1, 0.15) is 11.1 Å². The van der Waals surface area contributed by atoms with Crippen LogP contribution < -0.4 is 29.1 Å². The lowest BCUT2D eigenvalue weighted by Crippen LogP contribution is -2.11. The van der Waals surface area contributed by atoms with E-state index in [-0.39, 0.29) is 0 Å². The molecule has 6 heterocycles. The molecule has 27 aromatic rings. The standard InChI is InChI=1S/C66H40N2O3.C62H40N2O3/c1-4-18-41(19-5-1)42-36-55-54-40-59(68(44-22-8-3-9-23-44)58-31-17-29-52-49-27-13-15-33-61(49)71-66(52)58)47-25-11-10-24-46(47)53(54)39-56-50-35-34-45(38-62(50)69-63(37-42)64(55)56)67(43-20-6-2-7-21-43)57-30-16-28-51-48-26-12-14-32-60(48)70-65(51)57;1-37-27-30-42-49-35-52-45-32-29-41(63(39-15-5-3-6-16-39)53-23-13-21-47-43-19-9-11-25-56(43)65-61(47)53)34-58(45)67-60-38(2)28-31-46(59(52)60)50(49)36-55(51(42)33-37)64(40-17-7-4-8-18-40)54-24-14-22-48-44-20-10-12-26-57(44)66-62(48)54/h1-40H;3-36H,1-2H3. The number of hydrogen-bond donors (Lipinski definition) is 0. The van der Waals surface area contributed by atoms with Crippen LogP contribution in [0.4, 0.5) is 68.2 Å². The molecular formula is C128H80N4O6. The molecule has 648 valence electrons. The predicted molar refractivity (Wildman–Crippen MR) is 572 cm³/mol. The zero-order valence-corrected chi connectivity index (χ0v) is 75.0. The highest BCUT2D eigenvalue weighted by Gasteiger charge is 2.33. The molecule has 138 heavy (non-hydrogen) atoms. The van der Waals surface area contributed by atoms with Gasteiger partial charge in [0.15, 0.2) is 22.3 Å². The molecule has 10 heteroatoms. The van der Waals surface area contributed by atoms with E-state index in [2.05, 4.69) is 446 Å². The molecule has 0 spiro atoms. The fourth-order valence-electron chi connectivity index (χ4n) is 22.0. The topological polar surface area (TPSA) is 84.0 Å². The Balaban J connectivity index is 0.000000136. The van der Waals surface area contributed by atoms with Crippen molar-refractivity contribution in [2.45, 2.75) is 13.8 Å². The van der Waals surface area contributed by atoms with Gasteiger partial charge in [-0.1, -0.05) is 279 Å². The molecule has 0 bridgehead atoms. The predicted octanol–water partition coefficient (Wildman–Crippen LogP) is 37.6. The maximum Gasteiger partial charge on any atom is 0.159 e. The molecule has 0 radical (unpaired) electrons. The molecule has 0 saturated carbocycles. The van der Waals surface area contributed by atoms with Crippen molar-refractivity contribution < 1.29 is 27.1 Å². The summed E-state index contributed by atoms with van der Waals surface area (Å²) in [5, 5.41) is 22.4. The molecule has 2 aliphatic heterocycles. The molecule has 29 rings (SSSR count). The van der Waals surface area contributed by atoms with Gasteiger partial charge in [0.1, 0.15) is 45.3 Å². The second-order valence-corrected chi connectivity index (χ2v) is 36.1. The van der Waals surface area contributed by atoms with Crippen molar-refractivity contribution in [3.05, 3.63) is 460 Å². The number of nitrogens with zero attached hydrogens (tertiary/aromatic N) is 4. The van der Waals surface area contributed by atoms with Gasteiger partial charge in [0.2, 0.25) is 0 Å². The fraction of sp³-hybridized carbons (Fsp3) is 0.0156. The maximum atomic E-state index is 7.27. The number of furan rings is 4. The Labute approximate surface area is 792 Å². The fourth-order valence-corrected chi connectivity index (χ4v) is 22.0. The van der Waals surface area contributed by atoms with Crippen molar-refractivity contribution in [3.8, 4) is 56.4 Å². The first-order valence-corrected chi connectivity index (χ1v) is 46.9. The van der Waals surface area contributed by atoms with Gasteiger partial charge in [-0.3, -0.25) is 0 Å². The van der Waals surface area contributed by atoms with Gasteiger partial charge >= 0.3 is 0 Å². The first-order valence-electron chi connectivity index (χ1n) is 46.9. The second-order valence-electron chi connectivity index (χ2n) is 36.1. The Bertz CT molecular complexity index is 9730. The Morgan fingerprint density at radius 1 is 0.174 bits per heavy atom. The molecule has 0 aliphatic carbocycles. The van der Waals surface area contributed by atoms with Gasteiger partial charge in [0.05, 0.1) is 45.5 Å². The van der Waals surface area contributed by atoms with Crippen LogP contribution in [0.2, 0.25) is 0 Å². The number of anilines is 12. The van der Waals surface area contributed by atoms with Crippen LogP contribution in [0.5, 0.6) is 23.0 Å². The van der Waals surface area contributed by atoms with Gasteiger partial charge in [-0.15, -0.1) is 0 Å². The SMILES string of the molecule is Cc1ccc2c(c1)c(N(c1ccccc1)c1cccc3c1oc1ccccc13)cc1c3ccc(C)c4c3c(cc21)-c1ccc(N(c2ccccc2)c2cccc3c2oc2ccccc23)cc1O4.c1ccc(-c2cc3c4c(cc5c6ccccc6c(N(c6ccccc6)c6cccc7c6oc6ccccc67)cc5c4c2)-c2ccc(N(c4ccccc4)c4cccc5c4oc4ccccc45)cc2O3)cc1. The number of aryl methyl sites for hydroxylation is 2. The van der Waals surface area contributed by atoms with E-state index in [1.54, 1.807) is 0 Å². The molecule has 0 atom stereocenters. The molecule has 4 aromatic heterocycles. The van der Waals surface area contributed by atoms with E-state index in [1.165, 1.54) is 16.3 Å². The third kappa shape index (κ3) is 12.3. The summed E-state index contributed by atoms with van der Waals surface area (Å²) in [4.78, 5) is 9.31.